The molecule has 0 saturated carbocycles. The van der Waals surface area contributed by atoms with E-state index in [4.69, 9.17) is 22.1 Å². The van der Waals surface area contributed by atoms with Gasteiger partial charge < -0.3 is 15.0 Å². The molecule has 2 aromatic heterocycles. The van der Waals surface area contributed by atoms with Gasteiger partial charge in [0, 0.05) is 6.54 Å². The SMILES string of the molecule is NC(=O)c1ccccc1OCCCCCCCCCCCCn1cnc2c(Cl)ncnc21. The summed E-state index contributed by atoms with van der Waals surface area (Å²) < 4.78 is 7.77. The number of amides is 1. The number of fused-ring (bicyclic) bond motifs is 1. The van der Waals surface area contributed by atoms with Crippen LogP contribution in [0.2, 0.25) is 5.15 Å². The van der Waals surface area contributed by atoms with Gasteiger partial charge >= 0.3 is 0 Å². The van der Waals surface area contributed by atoms with Crippen LogP contribution in [0.4, 0.5) is 0 Å². The highest BCUT2D eigenvalue weighted by Crippen LogP contribution is 2.19. The van der Waals surface area contributed by atoms with Crippen LogP contribution >= 0.6 is 11.6 Å². The molecule has 8 heteroatoms. The van der Waals surface area contributed by atoms with Crippen molar-refractivity contribution in [1.29, 1.82) is 0 Å². The van der Waals surface area contributed by atoms with Crippen LogP contribution in [0.15, 0.2) is 36.9 Å². The number of carbonyl (C=O) groups is 1. The number of hydrogen-bond acceptors (Lipinski definition) is 5. The Morgan fingerprint density at radius 1 is 0.906 bits per heavy atom. The molecule has 0 aliphatic heterocycles. The van der Waals surface area contributed by atoms with Gasteiger partial charge in [-0.05, 0) is 25.0 Å². The highest BCUT2D eigenvalue weighted by molar-refractivity contribution is 6.33. The number of nitrogens with two attached hydrogens (primary N) is 1. The van der Waals surface area contributed by atoms with Crippen molar-refractivity contribution < 1.29 is 9.53 Å². The van der Waals surface area contributed by atoms with E-state index >= 15 is 0 Å². The fraction of sp³-hybridized carbons (Fsp3) is 0.500. The number of unbranched alkanes of at least 4 members (excludes halogenated alkanes) is 9. The smallest absolute Gasteiger partial charge is 0.252 e. The second kappa shape index (κ2) is 13.0. The van der Waals surface area contributed by atoms with Crippen molar-refractivity contribution in [2.24, 2.45) is 5.73 Å². The fourth-order valence-corrected chi connectivity index (χ4v) is 3.97. The number of benzene rings is 1. The molecule has 0 aliphatic carbocycles. The molecule has 0 saturated heterocycles. The van der Waals surface area contributed by atoms with Crippen molar-refractivity contribution >= 4 is 28.7 Å². The molecule has 3 rings (SSSR count). The lowest BCUT2D eigenvalue weighted by Gasteiger charge is -2.09. The Morgan fingerprint density at radius 3 is 2.28 bits per heavy atom. The number of nitrogens with zero attached hydrogens (tertiary/aromatic N) is 4. The van der Waals surface area contributed by atoms with Crippen molar-refractivity contribution in [1.82, 2.24) is 19.5 Å². The molecular weight excluding hydrogens is 426 g/mol. The minimum atomic E-state index is -0.449. The van der Waals surface area contributed by atoms with Crippen LogP contribution in [0.5, 0.6) is 5.75 Å². The molecular formula is C24H32ClN5O2. The molecule has 172 valence electrons. The van der Waals surface area contributed by atoms with Gasteiger partial charge in [-0.2, -0.15) is 0 Å². The summed E-state index contributed by atoms with van der Waals surface area (Å²) in [7, 11) is 0. The zero-order valence-electron chi connectivity index (χ0n) is 18.5. The van der Waals surface area contributed by atoms with E-state index in [9.17, 15) is 4.79 Å². The second-order valence-electron chi connectivity index (χ2n) is 8.02. The Hall–Kier alpha value is -2.67. The zero-order valence-corrected chi connectivity index (χ0v) is 19.3. The van der Waals surface area contributed by atoms with E-state index in [1.165, 1.54) is 51.3 Å². The maximum atomic E-state index is 11.4. The quantitative estimate of drug-likeness (QED) is 0.238. The van der Waals surface area contributed by atoms with Gasteiger partial charge in [-0.1, -0.05) is 75.1 Å². The molecule has 0 atom stereocenters. The molecule has 0 radical (unpaired) electrons. The summed E-state index contributed by atoms with van der Waals surface area (Å²) >= 11 is 6.04. The molecule has 2 N–H and O–H groups in total. The largest absolute Gasteiger partial charge is 0.493 e. The summed E-state index contributed by atoms with van der Waals surface area (Å²) in [5, 5.41) is 0.412. The van der Waals surface area contributed by atoms with Gasteiger partial charge in [-0.25, -0.2) is 15.0 Å². The van der Waals surface area contributed by atoms with Gasteiger partial charge in [0.2, 0.25) is 0 Å². The first kappa shape index (κ1) is 24.0. The highest BCUT2D eigenvalue weighted by atomic mass is 35.5. The van der Waals surface area contributed by atoms with E-state index < -0.39 is 5.91 Å². The number of ether oxygens (including phenoxy) is 1. The average molecular weight is 458 g/mol. The molecule has 0 spiro atoms. The van der Waals surface area contributed by atoms with Gasteiger partial charge in [-0.3, -0.25) is 4.79 Å². The predicted molar refractivity (Wildman–Crippen MR) is 127 cm³/mol. The number of para-hydroxylation sites is 1. The van der Waals surface area contributed by atoms with Crippen LogP contribution in [0.1, 0.15) is 74.6 Å². The normalized spacial score (nSPS) is 11.2. The summed E-state index contributed by atoms with van der Waals surface area (Å²) in [6.07, 6.45) is 15.4. The number of halogens is 1. The first-order chi connectivity index (χ1) is 15.7. The number of hydrogen-bond donors (Lipinski definition) is 1. The monoisotopic (exact) mass is 457 g/mol. The third-order valence-electron chi connectivity index (χ3n) is 5.56. The lowest BCUT2D eigenvalue weighted by molar-refractivity contribution is 0.0996. The van der Waals surface area contributed by atoms with E-state index in [2.05, 4.69) is 19.5 Å². The Kier molecular flexibility index (Phi) is 9.75. The Bertz CT molecular complexity index is 991. The van der Waals surface area contributed by atoms with Gasteiger partial charge in [0.05, 0.1) is 18.5 Å². The molecule has 0 aliphatic rings. The molecule has 0 fully saturated rings. The summed E-state index contributed by atoms with van der Waals surface area (Å²) in [6, 6.07) is 7.14. The van der Waals surface area contributed by atoms with E-state index in [0.717, 1.165) is 31.5 Å². The zero-order chi connectivity index (χ0) is 22.6. The third kappa shape index (κ3) is 7.19. The number of imidazole rings is 1. The Labute approximate surface area is 194 Å². The van der Waals surface area contributed by atoms with Crippen LogP contribution < -0.4 is 10.5 Å². The van der Waals surface area contributed by atoms with Crippen LogP contribution in [0, 0.1) is 0 Å². The first-order valence-corrected chi connectivity index (χ1v) is 11.9. The number of aryl methyl sites for hydroxylation is 1. The van der Waals surface area contributed by atoms with Crippen molar-refractivity contribution in [2.75, 3.05) is 6.61 Å². The molecule has 3 aromatic rings. The van der Waals surface area contributed by atoms with Crippen LogP contribution in [-0.2, 0) is 6.54 Å². The number of primary amides is 1. The van der Waals surface area contributed by atoms with Crippen molar-refractivity contribution in [3.63, 3.8) is 0 Å². The topological polar surface area (TPSA) is 95.9 Å². The van der Waals surface area contributed by atoms with E-state index in [-0.39, 0.29) is 0 Å². The minimum Gasteiger partial charge on any atom is -0.493 e. The maximum Gasteiger partial charge on any atom is 0.252 e. The summed E-state index contributed by atoms with van der Waals surface area (Å²) in [5.41, 5.74) is 7.30. The van der Waals surface area contributed by atoms with Crippen LogP contribution in [0.25, 0.3) is 11.2 Å². The van der Waals surface area contributed by atoms with E-state index in [0.29, 0.717) is 28.6 Å². The molecule has 0 bridgehead atoms. The minimum absolute atomic E-state index is 0.412. The average Bonchev–Trinajstić information content (AvgIpc) is 3.21. The molecule has 1 aromatic carbocycles. The van der Waals surface area contributed by atoms with Crippen LogP contribution in [0.3, 0.4) is 0 Å². The molecule has 0 unspecified atom stereocenters. The molecule has 2 heterocycles. The number of aromatic nitrogens is 4. The second-order valence-corrected chi connectivity index (χ2v) is 8.38. The van der Waals surface area contributed by atoms with Gasteiger partial charge in [0.15, 0.2) is 10.8 Å². The molecule has 7 nitrogen and oxygen atoms in total. The van der Waals surface area contributed by atoms with Gasteiger partial charge in [0.1, 0.15) is 17.6 Å². The standard InChI is InChI=1S/C24H32ClN5O2/c25-22-21-24(28-17-27-22)30(18-29-21)15-11-7-5-3-1-2-4-6-8-12-16-32-20-14-10-9-13-19(20)23(26)31/h9-10,13-14,17-18H,1-8,11-12,15-16H2,(H2,26,31). The fourth-order valence-electron chi connectivity index (χ4n) is 3.79. The van der Waals surface area contributed by atoms with Crippen molar-refractivity contribution in [2.45, 2.75) is 70.8 Å². The molecule has 32 heavy (non-hydrogen) atoms. The first-order valence-electron chi connectivity index (χ1n) is 11.5. The summed E-state index contributed by atoms with van der Waals surface area (Å²) in [4.78, 5) is 23.9. The number of carbonyl (C=O) groups excluding carboxylic acids is 1. The van der Waals surface area contributed by atoms with E-state index in [1.54, 1.807) is 24.5 Å². The summed E-state index contributed by atoms with van der Waals surface area (Å²) in [6.45, 7) is 1.53. The maximum absolute atomic E-state index is 11.4. The van der Waals surface area contributed by atoms with Gasteiger partial charge in [0.25, 0.3) is 5.91 Å². The van der Waals surface area contributed by atoms with E-state index in [1.807, 2.05) is 6.07 Å². The number of rotatable bonds is 15. The lowest BCUT2D eigenvalue weighted by atomic mass is 10.1. The Morgan fingerprint density at radius 2 is 1.56 bits per heavy atom. The summed E-state index contributed by atoms with van der Waals surface area (Å²) in [5.74, 6) is 0.133. The van der Waals surface area contributed by atoms with Crippen molar-refractivity contribution in [3.05, 3.63) is 47.6 Å². The third-order valence-corrected chi connectivity index (χ3v) is 5.84. The highest BCUT2D eigenvalue weighted by Gasteiger charge is 2.08. The van der Waals surface area contributed by atoms with Gasteiger partial charge in [-0.15, -0.1) is 0 Å². The van der Waals surface area contributed by atoms with Crippen molar-refractivity contribution in [3.8, 4) is 5.75 Å². The lowest BCUT2D eigenvalue weighted by Crippen LogP contribution is -2.13. The van der Waals surface area contributed by atoms with Crippen LogP contribution in [-0.4, -0.2) is 32.0 Å². The molecule has 1 amide bonds. The predicted octanol–water partition coefficient (Wildman–Crippen LogP) is 5.56. The Balaban J connectivity index is 1.15.